The van der Waals surface area contributed by atoms with Gasteiger partial charge in [-0.15, -0.1) is 0 Å². The molecule has 0 aromatic heterocycles. The second kappa shape index (κ2) is 11.9. The highest BCUT2D eigenvalue weighted by molar-refractivity contribution is 5.44. The fourth-order valence-corrected chi connectivity index (χ4v) is 4.00. The van der Waals surface area contributed by atoms with E-state index in [4.69, 9.17) is 9.47 Å². The van der Waals surface area contributed by atoms with E-state index < -0.39 is 42.4 Å². The van der Waals surface area contributed by atoms with Gasteiger partial charge in [-0.2, -0.15) is 26.3 Å². The molecule has 3 rings (SSSR count). The maximum atomic E-state index is 13.2. The molecular formula is C25H25F6NO3. The Morgan fingerprint density at radius 1 is 1.00 bits per heavy atom. The zero-order valence-corrected chi connectivity index (χ0v) is 18.7. The highest BCUT2D eigenvalue weighted by Gasteiger charge is 2.38. The van der Waals surface area contributed by atoms with E-state index in [1.165, 1.54) is 6.08 Å². The summed E-state index contributed by atoms with van der Waals surface area (Å²) in [5.41, 5.74) is -2.17. The van der Waals surface area contributed by atoms with Crippen LogP contribution in [0.5, 0.6) is 0 Å². The van der Waals surface area contributed by atoms with Gasteiger partial charge < -0.3 is 9.47 Å². The number of unbranched alkanes of at least 4 members (excludes halogenated alkanes) is 2. The van der Waals surface area contributed by atoms with Gasteiger partial charge in [0.1, 0.15) is 5.94 Å². The van der Waals surface area contributed by atoms with Crippen molar-refractivity contribution in [2.45, 2.75) is 50.6 Å². The van der Waals surface area contributed by atoms with Crippen molar-refractivity contribution in [1.29, 1.82) is 0 Å². The second-order valence-corrected chi connectivity index (χ2v) is 8.17. The van der Waals surface area contributed by atoms with Crippen LogP contribution in [0.1, 0.15) is 47.6 Å². The van der Waals surface area contributed by atoms with E-state index in [0.29, 0.717) is 38.2 Å². The highest BCUT2D eigenvalue weighted by Crippen LogP contribution is 2.37. The Labute approximate surface area is 199 Å². The lowest BCUT2D eigenvalue weighted by Gasteiger charge is -2.41. The Balaban J connectivity index is 1.80. The minimum Gasteiger partial charge on any atom is -0.349 e. The van der Waals surface area contributed by atoms with Gasteiger partial charge in [0.25, 0.3) is 0 Å². The van der Waals surface area contributed by atoms with E-state index in [1.54, 1.807) is 5.94 Å². The summed E-state index contributed by atoms with van der Waals surface area (Å²) in [4.78, 5) is 12.5. The Kier molecular flexibility index (Phi) is 9.13. The van der Waals surface area contributed by atoms with Gasteiger partial charge in [-0.25, -0.2) is 4.79 Å². The van der Waals surface area contributed by atoms with Crippen LogP contribution in [0.15, 0.2) is 54.6 Å². The molecule has 1 aliphatic heterocycles. The molecule has 1 aliphatic rings. The number of allylic oxidation sites excluding steroid dienone is 1. The fraction of sp³-hybridized carbons (Fsp3) is 0.440. The van der Waals surface area contributed by atoms with Crippen LogP contribution >= 0.6 is 0 Å². The first-order chi connectivity index (χ1) is 16.6. The summed E-state index contributed by atoms with van der Waals surface area (Å²) in [6.45, 7) is 1.03. The Morgan fingerprint density at radius 3 is 2.26 bits per heavy atom. The average Bonchev–Trinajstić information content (AvgIpc) is 2.82. The van der Waals surface area contributed by atoms with Gasteiger partial charge in [-0.3, -0.25) is 4.90 Å². The first-order valence-electron chi connectivity index (χ1n) is 11.1. The van der Waals surface area contributed by atoms with Crippen LogP contribution in [-0.4, -0.2) is 36.8 Å². The number of hydrogen-bond acceptors (Lipinski definition) is 4. The number of nitrogens with zero attached hydrogens (tertiary/aromatic N) is 1. The summed E-state index contributed by atoms with van der Waals surface area (Å²) in [5, 5.41) is 0. The molecule has 10 heteroatoms. The van der Waals surface area contributed by atoms with E-state index in [1.807, 2.05) is 30.3 Å². The molecule has 0 saturated carbocycles. The van der Waals surface area contributed by atoms with Gasteiger partial charge in [0.05, 0.1) is 30.4 Å². The molecular weight excluding hydrogens is 476 g/mol. The molecule has 1 saturated heterocycles. The molecule has 0 bridgehead atoms. The van der Waals surface area contributed by atoms with E-state index in [2.05, 4.69) is 4.90 Å². The number of ether oxygens (including phenoxy) is 2. The van der Waals surface area contributed by atoms with Gasteiger partial charge in [0.15, 0.2) is 6.29 Å². The van der Waals surface area contributed by atoms with Crippen molar-refractivity contribution in [1.82, 2.24) is 4.90 Å². The molecule has 0 amide bonds. The molecule has 1 fully saturated rings. The number of halogens is 6. The molecule has 0 unspecified atom stereocenters. The molecule has 2 atom stereocenters. The van der Waals surface area contributed by atoms with Crippen LogP contribution in [0.3, 0.4) is 0 Å². The molecule has 0 radical (unpaired) electrons. The zero-order valence-electron chi connectivity index (χ0n) is 18.7. The standard InChI is InChI=1S/C25H25F6NO3/c26-24(27,28)20-14-18(15-21(16-20)25(29,30)31)17-35-23-22(19-8-4-3-5-9-19)32(11-13-34-23)10-6-1-2-7-12-33/h3-5,7-9,14-16,22-23H,1-2,6,10-11,13,17H2/t22-,23-/m1/s1. The van der Waals surface area contributed by atoms with Crippen molar-refractivity contribution >= 4 is 5.94 Å². The number of carbonyl (C=O) groups excluding carboxylic acids is 1. The predicted molar refractivity (Wildman–Crippen MR) is 116 cm³/mol. The number of hydrogen-bond donors (Lipinski definition) is 0. The lowest BCUT2D eigenvalue weighted by atomic mass is 10.0. The molecule has 1 heterocycles. The van der Waals surface area contributed by atoms with Gasteiger partial charge in [0, 0.05) is 6.54 Å². The summed E-state index contributed by atoms with van der Waals surface area (Å²) >= 11 is 0. The van der Waals surface area contributed by atoms with Crippen LogP contribution in [0.4, 0.5) is 26.3 Å². The van der Waals surface area contributed by atoms with Crippen molar-refractivity contribution < 1.29 is 40.6 Å². The van der Waals surface area contributed by atoms with Crippen LogP contribution in [0.2, 0.25) is 0 Å². The van der Waals surface area contributed by atoms with Crippen molar-refractivity contribution in [3.05, 3.63) is 76.9 Å². The summed E-state index contributed by atoms with van der Waals surface area (Å²) < 4.78 is 90.8. The third-order valence-corrected chi connectivity index (χ3v) is 5.64. The van der Waals surface area contributed by atoms with Crippen molar-refractivity contribution in [3.63, 3.8) is 0 Å². The van der Waals surface area contributed by atoms with Gasteiger partial charge in [0.2, 0.25) is 0 Å². The van der Waals surface area contributed by atoms with Crippen molar-refractivity contribution in [2.75, 3.05) is 19.7 Å². The molecule has 35 heavy (non-hydrogen) atoms. The van der Waals surface area contributed by atoms with E-state index >= 15 is 0 Å². The third-order valence-electron chi connectivity index (χ3n) is 5.64. The molecule has 2 aromatic rings. The quantitative estimate of drug-likeness (QED) is 0.233. The monoisotopic (exact) mass is 501 g/mol. The number of morpholine rings is 1. The van der Waals surface area contributed by atoms with Crippen molar-refractivity contribution in [2.24, 2.45) is 0 Å². The minimum absolute atomic E-state index is 0.0922. The molecule has 190 valence electrons. The van der Waals surface area contributed by atoms with Crippen molar-refractivity contribution in [3.8, 4) is 0 Å². The fourth-order valence-electron chi connectivity index (χ4n) is 4.00. The first kappa shape index (κ1) is 26.9. The predicted octanol–water partition coefficient (Wildman–Crippen LogP) is 6.20. The number of alkyl halides is 6. The topological polar surface area (TPSA) is 38.8 Å². The average molecular weight is 501 g/mol. The smallest absolute Gasteiger partial charge is 0.349 e. The molecule has 0 spiro atoms. The largest absolute Gasteiger partial charge is 0.416 e. The third kappa shape index (κ3) is 7.67. The number of rotatable bonds is 9. The van der Waals surface area contributed by atoms with E-state index in [-0.39, 0.29) is 11.6 Å². The summed E-state index contributed by atoms with van der Waals surface area (Å²) in [5.74, 6) is 1.74. The van der Waals surface area contributed by atoms with E-state index in [9.17, 15) is 31.1 Å². The maximum absolute atomic E-state index is 13.2. The normalized spacial score (nSPS) is 19.4. The summed E-state index contributed by atoms with van der Waals surface area (Å²) in [7, 11) is 0. The number of benzene rings is 2. The minimum atomic E-state index is -4.93. The SMILES string of the molecule is O=C=CCCCCN1CCO[C@H](OCc2cc(C(F)(F)F)cc(C(F)(F)F)c2)[C@H]1c1ccccc1. The van der Waals surface area contributed by atoms with Gasteiger partial charge in [-0.1, -0.05) is 30.3 Å². The molecule has 0 aliphatic carbocycles. The van der Waals surface area contributed by atoms with Crippen LogP contribution in [-0.2, 0) is 33.2 Å². The van der Waals surface area contributed by atoms with Crippen LogP contribution < -0.4 is 0 Å². The van der Waals surface area contributed by atoms with Gasteiger partial charge in [-0.05, 0) is 61.2 Å². The Morgan fingerprint density at radius 2 is 1.66 bits per heavy atom. The molecule has 4 nitrogen and oxygen atoms in total. The van der Waals surface area contributed by atoms with Crippen LogP contribution in [0, 0.1) is 0 Å². The van der Waals surface area contributed by atoms with Crippen LogP contribution in [0.25, 0.3) is 0 Å². The first-order valence-corrected chi connectivity index (χ1v) is 11.1. The zero-order chi connectivity index (χ0) is 25.5. The molecule has 2 aromatic carbocycles. The Bertz CT molecular complexity index is 970. The lowest BCUT2D eigenvalue weighted by Crippen LogP contribution is -2.46. The Hall–Kier alpha value is -2.65. The lowest BCUT2D eigenvalue weighted by molar-refractivity contribution is -0.216. The maximum Gasteiger partial charge on any atom is 0.416 e. The summed E-state index contributed by atoms with van der Waals surface area (Å²) in [6, 6.07) is 10.2. The van der Waals surface area contributed by atoms with Gasteiger partial charge >= 0.3 is 12.4 Å². The second-order valence-electron chi connectivity index (χ2n) is 8.17. The summed E-state index contributed by atoms with van der Waals surface area (Å²) in [6.07, 6.45) is -7.20. The van der Waals surface area contributed by atoms with E-state index in [0.717, 1.165) is 18.4 Å². The highest BCUT2D eigenvalue weighted by atomic mass is 19.4. The molecule has 0 N–H and O–H groups in total.